The van der Waals surface area contributed by atoms with Gasteiger partial charge in [0.05, 0.1) is 12.1 Å². The van der Waals surface area contributed by atoms with Crippen LogP contribution < -0.4 is 17.0 Å². The molecule has 40 heavy (non-hydrogen) atoms. The van der Waals surface area contributed by atoms with Crippen LogP contribution in [0.2, 0.25) is 0 Å². The van der Waals surface area contributed by atoms with Crippen LogP contribution in [0.5, 0.6) is 0 Å². The lowest BCUT2D eigenvalue weighted by Crippen LogP contribution is -2.22. The average Bonchev–Trinajstić information content (AvgIpc) is 3.31. The van der Waals surface area contributed by atoms with Crippen LogP contribution >= 0.6 is 0 Å². The number of nitrogens with one attached hydrogen (secondary N) is 2. The molecule has 0 bridgehead atoms. The Morgan fingerprint density at radius 3 is 1.85 bits per heavy atom. The summed E-state index contributed by atoms with van der Waals surface area (Å²) >= 11 is 0. The molecule has 198 valence electrons. The van der Waals surface area contributed by atoms with E-state index in [4.69, 9.17) is 27.3 Å². The molecule has 0 saturated carbocycles. The Balaban J connectivity index is 1.39. The minimum Gasteiger partial charge on any atom is -0.384 e. The lowest BCUT2D eigenvalue weighted by molar-refractivity contribution is 0.730. The fraction of sp³-hybridized carbons (Fsp3) is 0.125. The number of rotatable bonds is 7. The normalized spacial score (nSPS) is 11.4. The highest BCUT2D eigenvalue weighted by Crippen LogP contribution is 2.22. The molecule has 0 radical (unpaired) electrons. The molecule has 0 aliphatic carbocycles. The zero-order valence-corrected chi connectivity index (χ0v) is 22.1. The summed E-state index contributed by atoms with van der Waals surface area (Å²) in [6.45, 7) is 2.95. The molecule has 8 nitrogen and oxygen atoms in total. The Kier molecular flexibility index (Phi) is 6.15. The first-order valence-electron chi connectivity index (χ1n) is 13.1. The molecule has 6 aromatic rings. The van der Waals surface area contributed by atoms with E-state index >= 15 is 0 Å². The van der Waals surface area contributed by atoms with Crippen molar-refractivity contribution in [3.63, 3.8) is 0 Å². The highest BCUT2D eigenvalue weighted by Gasteiger charge is 2.16. The molecule has 4 aromatic carbocycles. The number of hydrogen-bond donors (Lipinski definition) is 4. The standard InChI is InChI=1S/C32H29N7O/c1-2-28-37-27-11-12-38(17-19-3-5-21-7-9-23(30(33)34)15-25(21)13-19)32(40)29(27)39(28)18-20-4-6-22-8-10-24(31(35)36)16-26(22)14-20/h3-16H,2,17-18H2,1H3,(H3,33,34)(H3,35,36). The van der Waals surface area contributed by atoms with E-state index in [1.807, 2.05) is 72.2 Å². The number of imidazole rings is 1. The molecule has 0 aliphatic rings. The summed E-state index contributed by atoms with van der Waals surface area (Å²) in [5, 5.41) is 19.6. The number of pyridine rings is 1. The molecule has 2 aromatic heterocycles. The van der Waals surface area contributed by atoms with E-state index in [0.717, 1.165) is 38.5 Å². The first-order valence-corrected chi connectivity index (χ1v) is 13.1. The number of nitrogens with zero attached hydrogens (tertiary/aromatic N) is 3. The van der Waals surface area contributed by atoms with Crippen molar-refractivity contribution in [2.45, 2.75) is 26.4 Å². The molecule has 0 amide bonds. The van der Waals surface area contributed by atoms with Gasteiger partial charge >= 0.3 is 0 Å². The third-order valence-electron chi connectivity index (χ3n) is 7.39. The summed E-state index contributed by atoms with van der Waals surface area (Å²) in [5.41, 5.74) is 15.9. The van der Waals surface area contributed by atoms with Crippen LogP contribution in [0.25, 0.3) is 32.6 Å². The minimum absolute atomic E-state index is 0.0275. The fourth-order valence-corrected chi connectivity index (χ4v) is 5.29. The number of nitrogens with two attached hydrogens (primary N) is 2. The van der Waals surface area contributed by atoms with Crippen LogP contribution in [0.3, 0.4) is 0 Å². The van der Waals surface area contributed by atoms with E-state index in [-0.39, 0.29) is 17.2 Å². The number of nitrogen functional groups attached to an aromatic ring is 2. The van der Waals surface area contributed by atoms with Gasteiger partial charge in [-0.05, 0) is 63.0 Å². The van der Waals surface area contributed by atoms with Crippen molar-refractivity contribution in [1.29, 1.82) is 10.8 Å². The SMILES string of the molecule is CCc1nc2ccn(Cc3ccc4ccc(C(=N)N)cc4c3)c(=O)c2n1Cc1ccc2ccc(C(=N)N)cc2c1. The molecular formula is C32H29N7O. The second kappa shape index (κ2) is 9.81. The van der Waals surface area contributed by atoms with Gasteiger partial charge in [0.15, 0.2) is 0 Å². The van der Waals surface area contributed by atoms with Crippen LogP contribution in [0.4, 0.5) is 0 Å². The summed E-state index contributed by atoms with van der Waals surface area (Å²) in [5.74, 6) is 0.914. The Morgan fingerprint density at radius 2 is 1.30 bits per heavy atom. The molecule has 0 spiro atoms. The van der Waals surface area contributed by atoms with E-state index in [0.29, 0.717) is 41.7 Å². The largest absolute Gasteiger partial charge is 0.384 e. The maximum atomic E-state index is 13.8. The smallest absolute Gasteiger partial charge is 0.277 e. The van der Waals surface area contributed by atoms with E-state index in [1.165, 1.54) is 0 Å². The third kappa shape index (κ3) is 4.49. The van der Waals surface area contributed by atoms with Gasteiger partial charge in [-0.1, -0.05) is 55.5 Å². The quantitative estimate of drug-likeness (QED) is 0.176. The Hall–Kier alpha value is -5.24. The van der Waals surface area contributed by atoms with Gasteiger partial charge in [0, 0.05) is 30.3 Å². The van der Waals surface area contributed by atoms with Gasteiger partial charge in [0.25, 0.3) is 5.56 Å². The van der Waals surface area contributed by atoms with Gasteiger partial charge in [0.2, 0.25) is 0 Å². The number of fused-ring (bicyclic) bond motifs is 3. The summed E-state index contributed by atoms with van der Waals surface area (Å²) in [6, 6.07) is 25.6. The number of hydrogen-bond acceptors (Lipinski definition) is 4. The highest BCUT2D eigenvalue weighted by molar-refractivity contribution is 6.00. The van der Waals surface area contributed by atoms with Crippen molar-refractivity contribution in [2.75, 3.05) is 0 Å². The monoisotopic (exact) mass is 527 g/mol. The van der Waals surface area contributed by atoms with Gasteiger partial charge in [-0.2, -0.15) is 0 Å². The molecule has 0 fully saturated rings. The summed E-state index contributed by atoms with van der Waals surface area (Å²) in [7, 11) is 0. The van der Waals surface area contributed by atoms with Crippen molar-refractivity contribution in [3.8, 4) is 0 Å². The first kappa shape index (κ1) is 25.1. The topological polar surface area (TPSA) is 140 Å². The van der Waals surface area contributed by atoms with Crippen molar-refractivity contribution >= 4 is 44.2 Å². The molecule has 0 saturated heterocycles. The Bertz CT molecular complexity index is 2030. The maximum absolute atomic E-state index is 13.8. The van der Waals surface area contributed by atoms with Gasteiger partial charge in [0.1, 0.15) is 23.0 Å². The van der Waals surface area contributed by atoms with Crippen LogP contribution in [-0.2, 0) is 19.5 Å². The van der Waals surface area contributed by atoms with Gasteiger partial charge in [-0.3, -0.25) is 15.6 Å². The van der Waals surface area contributed by atoms with E-state index < -0.39 is 0 Å². The van der Waals surface area contributed by atoms with Crippen molar-refractivity contribution < 1.29 is 0 Å². The minimum atomic E-state index is -0.0954. The number of aryl methyl sites for hydroxylation is 1. The number of aromatic nitrogens is 3. The lowest BCUT2D eigenvalue weighted by Gasteiger charge is -2.12. The number of amidine groups is 2. The number of benzene rings is 4. The second-order valence-corrected chi connectivity index (χ2v) is 10.1. The summed E-state index contributed by atoms with van der Waals surface area (Å²) in [6.07, 6.45) is 2.50. The zero-order valence-electron chi connectivity index (χ0n) is 22.1. The second-order valence-electron chi connectivity index (χ2n) is 10.1. The molecule has 2 heterocycles. The molecule has 0 atom stereocenters. The van der Waals surface area contributed by atoms with Crippen LogP contribution in [0, 0.1) is 10.8 Å². The molecule has 8 heteroatoms. The van der Waals surface area contributed by atoms with Gasteiger partial charge < -0.3 is 20.6 Å². The summed E-state index contributed by atoms with van der Waals surface area (Å²) < 4.78 is 3.74. The van der Waals surface area contributed by atoms with Gasteiger partial charge in [-0.25, -0.2) is 4.98 Å². The van der Waals surface area contributed by atoms with Crippen LogP contribution in [0.1, 0.15) is 35.0 Å². The lowest BCUT2D eigenvalue weighted by atomic mass is 10.0. The van der Waals surface area contributed by atoms with Crippen molar-refractivity contribution in [2.24, 2.45) is 11.5 Å². The predicted molar refractivity (Wildman–Crippen MR) is 162 cm³/mol. The molecule has 6 N–H and O–H groups in total. The summed E-state index contributed by atoms with van der Waals surface area (Å²) in [4.78, 5) is 18.6. The third-order valence-corrected chi connectivity index (χ3v) is 7.39. The average molecular weight is 528 g/mol. The Morgan fingerprint density at radius 1 is 0.750 bits per heavy atom. The Labute approximate surface area is 230 Å². The molecular weight excluding hydrogens is 498 g/mol. The zero-order chi connectivity index (χ0) is 28.0. The van der Waals surface area contributed by atoms with Crippen molar-refractivity contribution in [1.82, 2.24) is 14.1 Å². The van der Waals surface area contributed by atoms with Crippen molar-refractivity contribution in [3.05, 3.63) is 123 Å². The van der Waals surface area contributed by atoms with Crippen LogP contribution in [0.15, 0.2) is 89.9 Å². The van der Waals surface area contributed by atoms with Gasteiger partial charge in [-0.15, -0.1) is 0 Å². The van der Waals surface area contributed by atoms with E-state index in [9.17, 15) is 4.79 Å². The van der Waals surface area contributed by atoms with E-state index in [1.54, 1.807) is 10.8 Å². The molecule has 0 aliphatic heterocycles. The molecule has 6 rings (SSSR count). The van der Waals surface area contributed by atoms with Crippen LogP contribution in [-0.4, -0.2) is 25.8 Å². The fourth-order valence-electron chi connectivity index (χ4n) is 5.29. The van der Waals surface area contributed by atoms with E-state index in [2.05, 4.69) is 18.2 Å². The highest BCUT2D eigenvalue weighted by atomic mass is 16.1. The predicted octanol–water partition coefficient (Wildman–Crippen LogP) is 4.73. The maximum Gasteiger partial charge on any atom is 0.277 e. The molecule has 0 unspecified atom stereocenters. The first-order chi connectivity index (χ1) is 19.3.